The molecule has 1 aliphatic rings. The van der Waals surface area contributed by atoms with E-state index >= 15 is 0 Å². The molecule has 1 aromatic rings. The summed E-state index contributed by atoms with van der Waals surface area (Å²) in [5.74, 6) is -0.0388. The van der Waals surface area contributed by atoms with Crippen molar-refractivity contribution >= 4 is 11.6 Å². The van der Waals surface area contributed by atoms with Crippen molar-refractivity contribution in [3.05, 3.63) is 11.4 Å². The van der Waals surface area contributed by atoms with Crippen LogP contribution >= 0.6 is 0 Å². The maximum atomic E-state index is 12.0. The summed E-state index contributed by atoms with van der Waals surface area (Å²) in [7, 11) is 0. The Kier molecular flexibility index (Phi) is 3.80. The number of rotatable bonds is 6. The highest BCUT2D eigenvalue weighted by Gasteiger charge is 2.42. The number of aliphatic hydroxyl groups excluding tert-OH is 1. The molecule has 0 unspecified atom stereocenters. The number of nitrogens with one attached hydrogen (secondary N) is 2. The Hall–Kier alpha value is -1.56. The van der Waals surface area contributed by atoms with E-state index < -0.39 is 0 Å². The largest absolute Gasteiger partial charge is 0.396 e. The molecule has 106 valence electrons. The van der Waals surface area contributed by atoms with Gasteiger partial charge in [0, 0.05) is 13.2 Å². The van der Waals surface area contributed by atoms with E-state index in [1.165, 1.54) is 0 Å². The molecular weight excluding hydrogens is 244 g/mol. The van der Waals surface area contributed by atoms with E-state index in [0.717, 1.165) is 25.0 Å². The minimum atomic E-state index is -0.245. The Labute approximate surface area is 112 Å². The summed E-state index contributed by atoms with van der Waals surface area (Å²) in [5.41, 5.74) is 7.51. The summed E-state index contributed by atoms with van der Waals surface area (Å²) in [4.78, 5) is 12.0. The number of carbonyl (C=O) groups is 1. The number of amides is 1. The second-order valence-electron chi connectivity index (χ2n) is 5.71. The first-order valence-electron chi connectivity index (χ1n) is 6.72. The third kappa shape index (κ3) is 2.89. The fourth-order valence-electron chi connectivity index (χ4n) is 2.26. The third-order valence-corrected chi connectivity index (χ3v) is 3.85. The number of aromatic amines is 1. The van der Waals surface area contributed by atoms with Gasteiger partial charge in [-0.25, -0.2) is 0 Å². The number of nitrogen functional groups attached to an aromatic ring is 1. The maximum absolute atomic E-state index is 12.0. The van der Waals surface area contributed by atoms with Crippen molar-refractivity contribution in [2.75, 3.05) is 18.9 Å². The molecule has 1 fully saturated rings. The third-order valence-electron chi connectivity index (χ3n) is 3.85. The van der Waals surface area contributed by atoms with Gasteiger partial charge in [0.25, 0.3) is 5.91 Å². The van der Waals surface area contributed by atoms with Gasteiger partial charge in [-0.2, -0.15) is 5.10 Å². The lowest BCUT2D eigenvalue weighted by Crippen LogP contribution is -2.31. The van der Waals surface area contributed by atoms with Gasteiger partial charge in [-0.15, -0.1) is 0 Å². The molecule has 0 aliphatic heterocycles. The minimum absolute atomic E-state index is 0.0936. The number of hydrogen-bond donors (Lipinski definition) is 4. The summed E-state index contributed by atoms with van der Waals surface area (Å²) in [6, 6.07) is 0. The predicted octanol–water partition coefficient (Wildman–Crippen LogP) is 1.01. The number of anilines is 1. The monoisotopic (exact) mass is 266 g/mol. The first kappa shape index (κ1) is 13.9. The standard InChI is InChI=1S/C13H22N4O2/c1-8(2)10-9(14)11(17-16-10)12(19)15-7-13(3-4-13)5-6-18/h8,18H,3-7,14H2,1-2H3,(H,15,19)(H,16,17). The first-order valence-corrected chi connectivity index (χ1v) is 6.72. The van der Waals surface area contributed by atoms with Crippen molar-refractivity contribution < 1.29 is 9.90 Å². The predicted molar refractivity (Wildman–Crippen MR) is 72.8 cm³/mol. The quantitative estimate of drug-likeness (QED) is 0.616. The number of hydrogen-bond acceptors (Lipinski definition) is 4. The van der Waals surface area contributed by atoms with Gasteiger partial charge in [-0.1, -0.05) is 13.8 Å². The number of aliphatic hydroxyl groups is 1. The van der Waals surface area contributed by atoms with Crippen LogP contribution in [0.5, 0.6) is 0 Å². The lowest BCUT2D eigenvalue weighted by atomic mass is 10.0. The molecule has 0 radical (unpaired) electrons. The summed E-state index contributed by atoms with van der Waals surface area (Å²) in [5, 5.41) is 18.7. The highest BCUT2D eigenvalue weighted by atomic mass is 16.3. The van der Waals surface area contributed by atoms with Gasteiger partial charge in [0.05, 0.1) is 11.4 Å². The molecule has 1 amide bonds. The second-order valence-corrected chi connectivity index (χ2v) is 5.71. The Morgan fingerprint density at radius 2 is 2.26 bits per heavy atom. The van der Waals surface area contributed by atoms with Crippen molar-refractivity contribution in [1.29, 1.82) is 0 Å². The molecule has 0 spiro atoms. The molecule has 1 heterocycles. The summed E-state index contributed by atoms with van der Waals surface area (Å²) < 4.78 is 0. The van der Waals surface area contributed by atoms with E-state index in [-0.39, 0.29) is 29.5 Å². The molecule has 6 nitrogen and oxygen atoms in total. The molecule has 1 saturated carbocycles. The molecule has 1 aromatic heterocycles. The number of nitrogens with two attached hydrogens (primary N) is 1. The zero-order chi connectivity index (χ0) is 14.0. The van der Waals surface area contributed by atoms with E-state index in [2.05, 4.69) is 15.5 Å². The molecular formula is C13H22N4O2. The highest BCUT2D eigenvalue weighted by Crippen LogP contribution is 2.47. The molecule has 0 saturated heterocycles. The average molecular weight is 266 g/mol. The van der Waals surface area contributed by atoms with Gasteiger partial charge < -0.3 is 16.2 Å². The van der Waals surface area contributed by atoms with Gasteiger partial charge in [0.1, 0.15) is 0 Å². The van der Waals surface area contributed by atoms with Crippen LogP contribution in [-0.2, 0) is 0 Å². The molecule has 1 aliphatic carbocycles. The zero-order valence-electron chi connectivity index (χ0n) is 11.5. The normalized spacial score (nSPS) is 16.6. The van der Waals surface area contributed by atoms with Crippen molar-refractivity contribution in [2.24, 2.45) is 5.41 Å². The molecule has 19 heavy (non-hydrogen) atoms. The van der Waals surface area contributed by atoms with Crippen LogP contribution in [0.3, 0.4) is 0 Å². The van der Waals surface area contributed by atoms with Gasteiger partial charge >= 0.3 is 0 Å². The Morgan fingerprint density at radius 3 is 2.74 bits per heavy atom. The molecule has 6 heteroatoms. The van der Waals surface area contributed by atoms with Crippen LogP contribution in [0.4, 0.5) is 5.69 Å². The fourth-order valence-corrected chi connectivity index (χ4v) is 2.26. The van der Waals surface area contributed by atoms with Crippen LogP contribution in [0.15, 0.2) is 0 Å². The van der Waals surface area contributed by atoms with Gasteiger partial charge in [-0.05, 0) is 30.6 Å². The lowest BCUT2D eigenvalue weighted by Gasteiger charge is -2.14. The van der Waals surface area contributed by atoms with Crippen LogP contribution in [0.2, 0.25) is 0 Å². The van der Waals surface area contributed by atoms with Crippen LogP contribution in [-0.4, -0.2) is 34.4 Å². The van der Waals surface area contributed by atoms with E-state index in [9.17, 15) is 4.79 Å². The fraction of sp³-hybridized carbons (Fsp3) is 0.692. The van der Waals surface area contributed by atoms with Gasteiger partial charge in [0.15, 0.2) is 5.69 Å². The Balaban J connectivity index is 1.97. The molecule has 5 N–H and O–H groups in total. The average Bonchev–Trinajstić information content (AvgIpc) is 3.01. The SMILES string of the molecule is CC(C)c1[nH]nc(C(=O)NCC2(CCO)CC2)c1N. The van der Waals surface area contributed by atoms with E-state index in [0.29, 0.717) is 12.2 Å². The highest BCUT2D eigenvalue weighted by molar-refractivity contribution is 5.97. The number of nitrogens with zero attached hydrogens (tertiary/aromatic N) is 1. The molecule has 2 rings (SSSR count). The smallest absolute Gasteiger partial charge is 0.273 e. The zero-order valence-corrected chi connectivity index (χ0v) is 11.5. The number of aromatic nitrogens is 2. The van der Waals surface area contributed by atoms with Crippen molar-refractivity contribution in [3.8, 4) is 0 Å². The Morgan fingerprint density at radius 1 is 1.58 bits per heavy atom. The van der Waals surface area contributed by atoms with Gasteiger partial charge in [0.2, 0.25) is 0 Å². The number of carbonyl (C=O) groups excluding carboxylic acids is 1. The molecule has 0 atom stereocenters. The topological polar surface area (TPSA) is 104 Å². The van der Waals surface area contributed by atoms with Crippen molar-refractivity contribution in [3.63, 3.8) is 0 Å². The minimum Gasteiger partial charge on any atom is -0.396 e. The second kappa shape index (κ2) is 5.21. The van der Waals surface area contributed by atoms with E-state index in [4.69, 9.17) is 10.8 Å². The van der Waals surface area contributed by atoms with Crippen LogP contribution in [0.25, 0.3) is 0 Å². The first-order chi connectivity index (χ1) is 8.99. The van der Waals surface area contributed by atoms with Crippen LogP contribution < -0.4 is 11.1 Å². The van der Waals surface area contributed by atoms with Crippen LogP contribution in [0, 0.1) is 5.41 Å². The van der Waals surface area contributed by atoms with Crippen LogP contribution in [0.1, 0.15) is 55.2 Å². The Bertz CT molecular complexity index is 463. The van der Waals surface area contributed by atoms with E-state index in [1.807, 2.05) is 13.8 Å². The van der Waals surface area contributed by atoms with E-state index in [1.54, 1.807) is 0 Å². The van der Waals surface area contributed by atoms with Gasteiger partial charge in [-0.3, -0.25) is 9.89 Å². The molecule has 0 aromatic carbocycles. The summed E-state index contributed by atoms with van der Waals surface area (Å²) >= 11 is 0. The van der Waals surface area contributed by atoms with Crippen molar-refractivity contribution in [2.45, 2.75) is 39.0 Å². The summed E-state index contributed by atoms with van der Waals surface area (Å²) in [6.07, 6.45) is 2.85. The van der Waals surface area contributed by atoms with Crippen molar-refractivity contribution in [1.82, 2.24) is 15.5 Å². The number of H-pyrrole nitrogens is 1. The lowest BCUT2D eigenvalue weighted by molar-refractivity contribution is 0.0936. The maximum Gasteiger partial charge on any atom is 0.273 e. The molecule has 0 bridgehead atoms. The summed E-state index contributed by atoms with van der Waals surface area (Å²) in [6.45, 7) is 4.73.